The number of carbonyl (C=O) groups excluding carboxylic acids is 1. The lowest BCUT2D eigenvalue weighted by Gasteiger charge is -2.34. The average molecular weight is 310 g/mol. The van der Waals surface area contributed by atoms with Gasteiger partial charge in [0.15, 0.2) is 0 Å². The van der Waals surface area contributed by atoms with Crippen LogP contribution in [0.4, 0.5) is 5.82 Å². The number of pyridine rings is 1. The normalized spacial score (nSPS) is 16.9. The van der Waals surface area contributed by atoms with Gasteiger partial charge < -0.3 is 10.2 Å². The summed E-state index contributed by atoms with van der Waals surface area (Å²) in [5, 5.41) is 3.80. The lowest BCUT2D eigenvalue weighted by Crippen LogP contribution is -2.48. The third kappa shape index (κ3) is 4.34. The van der Waals surface area contributed by atoms with Gasteiger partial charge in [0.2, 0.25) is 5.91 Å². The highest BCUT2D eigenvalue weighted by atomic mass is 35.5. The van der Waals surface area contributed by atoms with Gasteiger partial charge in [-0.1, -0.05) is 18.5 Å². The van der Waals surface area contributed by atoms with Gasteiger partial charge in [0.05, 0.1) is 5.02 Å². The minimum absolute atomic E-state index is 0.111. The first-order valence-electron chi connectivity index (χ1n) is 7.60. The number of hydrogen-bond donors (Lipinski definition) is 1. The van der Waals surface area contributed by atoms with Crippen LogP contribution in [0.1, 0.15) is 40.0 Å². The summed E-state index contributed by atoms with van der Waals surface area (Å²) >= 11 is 5.86. The molecule has 1 saturated heterocycles. The fourth-order valence-corrected chi connectivity index (χ4v) is 2.56. The number of aromatic nitrogens is 1. The number of amides is 1. The molecule has 0 spiro atoms. The van der Waals surface area contributed by atoms with E-state index in [4.69, 9.17) is 11.6 Å². The lowest BCUT2D eigenvalue weighted by atomic mass is 9.93. The van der Waals surface area contributed by atoms with Gasteiger partial charge in [0.25, 0.3) is 0 Å². The molecule has 2 heterocycles. The number of rotatable bonds is 4. The second-order valence-corrected chi connectivity index (χ2v) is 6.76. The fraction of sp³-hybridized carbons (Fsp3) is 0.625. The van der Waals surface area contributed by atoms with Crippen LogP contribution < -0.4 is 10.2 Å². The fourth-order valence-electron chi connectivity index (χ4n) is 2.45. The van der Waals surface area contributed by atoms with Crippen LogP contribution >= 0.6 is 11.6 Å². The number of hydrogen-bond acceptors (Lipinski definition) is 3. The molecule has 0 unspecified atom stereocenters. The molecule has 0 saturated carbocycles. The molecule has 1 aromatic rings. The summed E-state index contributed by atoms with van der Waals surface area (Å²) in [5.41, 5.74) is -0.119. The van der Waals surface area contributed by atoms with Gasteiger partial charge in [-0.3, -0.25) is 4.79 Å². The van der Waals surface area contributed by atoms with Crippen LogP contribution in [0.5, 0.6) is 0 Å². The van der Waals surface area contributed by atoms with Crippen LogP contribution in [0.15, 0.2) is 18.3 Å². The van der Waals surface area contributed by atoms with Gasteiger partial charge in [-0.2, -0.15) is 0 Å². The monoisotopic (exact) mass is 309 g/mol. The molecule has 0 atom stereocenters. The van der Waals surface area contributed by atoms with Crippen molar-refractivity contribution in [2.45, 2.75) is 45.6 Å². The van der Waals surface area contributed by atoms with E-state index in [0.717, 1.165) is 38.2 Å². The van der Waals surface area contributed by atoms with Crippen molar-refractivity contribution in [2.75, 3.05) is 18.0 Å². The minimum Gasteiger partial charge on any atom is -0.357 e. The molecular formula is C16H24ClN3O. The Labute approximate surface area is 131 Å². The van der Waals surface area contributed by atoms with Gasteiger partial charge in [-0.05, 0) is 45.2 Å². The highest BCUT2D eigenvalue weighted by molar-refractivity contribution is 6.30. The summed E-state index contributed by atoms with van der Waals surface area (Å²) in [6.07, 6.45) is 4.34. The number of nitrogens with one attached hydrogen (secondary N) is 1. The zero-order valence-corrected chi connectivity index (χ0v) is 13.8. The number of halogens is 1. The summed E-state index contributed by atoms with van der Waals surface area (Å²) in [4.78, 5) is 18.8. The first-order chi connectivity index (χ1) is 9.91. The van der Waals surface area contributed by atoms with E-state index >= 15 is 0 Å². The van der Waals surface area contributed by atoms with E-state index in [9.17, 15) is 4.79 Å². The average Bonchev–Trinajstić information content (AvgIpc) is 2.48. The zero-order chi connectivity index (χ0) is 15.5. The molecule has 1 N–H and O–H groups in total. The molecule has 0 radical (unpaired) electrons. The zero-order valence-electron chi connectivity index (χ0n) is 13.0. The quantitative estimate of drug-likeness (QED) is 0.928. The Kier molecular flexibility index (Phi) is 5.09. The van der Waals surface area contributed by atoms with Crippen molar-refractivity contribution in [1.82, 2.24) is 10.3 Å². The first kappa shape index (κ1) is 16.1. The second kappa shape index (κ2) is 6.65. The Morgan fingerprint density at radius 3 is 2.62 bits per heavy atom. The third-order valence-corrected chi connectivity index (χ3v) is 4.47. The van der Waals surface area contributed by atoms with Crippen LogP contribution in [-0.2, 0) is 4.79 Å². The van der Waals surface area contributed by atoms with Crippen LogP contribution in [0.2, 0.25) is 5.02 Å². The van der Waals surface area contributed by atoms with Gasteiger partial charge in [0.1, 0.15) is 5.82 Å². The third-order valence-electron chi connectivity index (χ3n) is 4.25. The maximum Gasteiger partial charge on any atom is 0.223 e. The summed E-state index contributed by atoms with van der Waals surface area (Å²) in [6.45, 7) is 7.95. The summed E-state index contributed by atoms with van der Waals surface area (Å²) < 4.78 is 0. The molecule has 4 nitrogen and oxygen atoms in total. The molecule has 2 rings (SSSR count). The predicted molar refractivity (Wildman–Crippen MR) is 86.7 cm³/mol. The molecule has 1 aliphatic rings. The molecule has 1 amide bonds. The van der Waals surface area contributed by atoms with Crippen LogP contribution in [0.25, 0.3) is 0 Å². The Balaban J connectivity index is 1.88. The summed E-state index contributed by atoms with van der Waals surface area (Å²) in [6, 6.07) is 3.79. The largest absolute Gasteiger partial charge is 0.357 e. The number of carbonyl (C=O) groups is 1. The Bertz CT molecular complexity index is 479. The smallest absolute Gasteiger partial charge is 0.223 e. The van der Waals surface area contributed by atoms with E-state index < -0.39 is 0 Å². The van der Waals surface area contributed by atoms with Crippen molar-refractivity contribution in [2.24, 2.45) is 5.92 Å². The standard InChI is InChI=1S/C16H24ClN3O/c1-4-16(2,3)19-15(21)12-7-9-20(10-8-12)14-6-5-13(17)11-18-14/h5-6,11-12H,4,7-10H2,1-3H3,(H,19,21). The highest BCUT2D eigenvalue weighted by Crippen LogP contribution is 2.23. The molecular weight excluding hydrogens is 286 g/mol. The first-order valence-corrected chi connectivity index (χ1v) is 7.97. The number of anilines is 1. The van der Waals surface area contributed by atoms with E-state index in [2.05, 4.69) is 36.0 Å². The molecule has 0 aromatic carbocycles. The Morgan fingerprint density at radius 2 is 2.10 bits per heavy atom. The van der Waals surface area contributed by atoms with Crippen molar-refractivity contribution in [3.63, 3.8) is 0 Å². The van der Waals surface area contributed by atoms with Crippen LogP contribution in [0, 0.1) is 5.92 Å². The van der Waals surface area contributed by atoms with Gasteiger partial charge in [0, 0.05) is 30.7 Å². The lowest BCUT2D eigenvalue weighted by molar-refractivity contribution is -0.127. The van der Waals surface area contributed by atoms with E-state index in [1.165, 1.54) is 0 Å². The Morgan fingerprint density at radius 1 is 1.43 bits per heavy atom. The molecule has 1 aromatic heterocycles. The molecule has 0 bridgehead atoms. The van der Waals surface area contributed by atoms with Crippen LogP contribution in [-0.4, -0.2) is 29.5 Å². The van der Waals surface area contributed by atoms with E-state index in [1.807, 2.05) is 12.1 Å². The van der Waals surface area contributed by atoms with E-state index in [-0.39, 0.29) is 17.4 Å². The number of piperidine rings is 1. The van der Waals surface area contributed by atoms with Crippen LogP contribution in [0.3, 0.4) is 0 Å². The summed E-state index contributed by atoms with van der Waals surface area (Å²) in [5.74, 6) is 1.23. The van der Waals surface area contributed by atoms with Crippen molar-refractivity contribution in [3.05, 3.63) is 23.4 Å². The van der Waals surface area contributed by atoms with Crippen molar-refractivity contribution in [3.8, 4) is 0 Å². The van der Waals surface area contributed by atoms with Crippen molar-refractivity contribution >= 4 is 23.3 Å². The van der Waals surface area contributed by atoms with E-state index in [1.54, 1.807) is 6.20 Å². The van der Waals surface area contributed by atoms with Crippen molar-refractivity contribution in [1.29, 1.82) is 0 Å². The predicted octanol–water partition coefficient (Wildman–Crippen LogP) is 3.26. The molecule has 116 valence electrons. The molecule has 5 heteroatoms. The Hall–Kier alpha value is -1.29. The maximum absolute atomic E-state index is 12.3. The molecule has 1 aliphatic heterocycles. The summed E-state index contributed by atoms with van der Waals surface area (Å²) in [7, 11) is 0. The SMILES string of the molecule is CCC(C)(C)NC(=O)C1CCN(c2ccc(Cl)cn2)CC1. The minimum atomic E-state index is -0.119. The van der Waals surface area contributed by atoms with Crippen molar-refractivity contribution < 1.29 is 4.79 Å². The second-order valence-electron chi connectivity index (χ2n) is 6.32. The highest BCUT2D eigenvalue weighted by Gasteiger charge is 2.28. The molecule has 1 fully saturated rings. The van der Waals surface area contributed by atoms with Gasteiger partial charge in [-0.15, -0.1) is 0 Å². The molecule has 21 heavy (non-hydrogen) atoms. The number of nitrogens with zero attached hydrogens (tertiary/aromatic N) is 2. The van der Waals surface area contributed by atoms with E-state index in [0.29, 0.717) is 5.02 Å². The van der Waals surface area contributed by atoms with Gasteiger partial charge >= 0.3 is 0 Å². The maximum atomic E-state index is 12.3. The molecule has 0 aliphatic carbocycles. The topological polar surface area (TPSA) is 45.2 Å². The van der Waals surface area contributed by atoms with Gasteiger partial charge in [-0.25, -0.2) is 4.98 Å².